The molecule has 3 nitrogen and oxygen atoms in total. The highest BCUT2D eigenvalue weighted by atomic mass is 35.5. The molecule has 0 unspecified atom stereocenters. The fourth-order valence-corrected chi connectivity index (χ4v) is 3.88. The van der Waals surface area contributed by atoms with Gasteiger partial charge in [0.1, 0.15) is 0 Å². The van der Waals surface area contributed by atoms with E-state index in [0.29, 0.717) is 6.54 Å². The third-order valence-corrected chi connectivity index (χ3v) is 4.92. The third kappa shape index (κ3) is 2.18. The van der Waals surface area contributed by atoms with Gasteiger partial charge >= 0.3 is 0 Å². The Morgan fingerprint density at radius 2 is 2.06 bits per heavy atom. The Hall–Kier alpha value is -0.740. The number of fused-ring (bicyclic) bond motifs is 1. The largest absolute Gasteiger partial charge is 0.270 e. The maximum absolute atomic E-state index is 12.0. The number of hydrogen-bond acceptors (Lipinski definition) is 2. The molecule has 0 aliphatic carbocycles. The molecule has 0 saturated carbocycles. The molecule has 88 valence electrons. The molecule has 1 aliphatic heterocycles. The highest BCUT2D eigenvalue weighted by Gasteiger charge is 2.26. The smallest absolute Gasteiger partial charge is 0.236 e. The molecule has 1 aromatic carbocycles. The molecule has 0 atom stereocenters. The lowest BCUT2D eigenvalue weighted by Crippen LogP contribution is -2.37. The van der Waals surface area contributed by atoms with Gasteiger partial charge in [0.05, 0.1) is 11.4 Å². The molecule has 16 heavy (non-hydrogen) atoms. The lowest BCUT2D eigenvalue weighted by molar-refractivity contribution is 0.588. The van der Waals surface area contributed by atoms with Gasteiger partial charge in [0.2, 0.25) is 10.0 Å². The number of halogens is 1. The van der Waals surface area contributed by atoms with E-state index in [2.05, 4.69) is 0 Å². The van der Waals surface area contributed by atoms with Gasteiger partial charge in [0, 0.05) is 12.4 Å². The lowest BCUT2D eigenvalue weighted by atomic mass is 10.0. The normalized spacial score (nSPS) is 15.9. The van der Waals surface area contributed by atoms with E-state index in [0.717, 1.165) is 24.1 Å². The molecule has 0 radical (unpaired) electrons. The molecule has 1 heterocycles. The summed E-state index contributed by atoms with van der Waals surface area (Å²) in [5, 5.41) is 0. The quantitative estimate of drug-likeness (QED) is 0.779. The van der Waals surface area contributed by atoms with Gasteiger partial charge in [-0.3, -0.25) is 4.31 Å². The van der Waals surface area contributed by atoms with E-state index in [4.69, 9.17) is 11.6 Å². The van der Waals surface area contributed by atoms with Crippen LogP contribution in [0.3, 0.4) is 0 Å². The van der Waals surface area contributed by atoms with Crippen molar-refractivity contribution in [3.8, 4) is 0 Å². The van der Waals surface area contributed by atoms with Crippen LogP contribution in [0.4, 0.5) is 5.69 Å². The average molecular weight is 260 g/mol. The highest BCUT2D eigenvalue weighted by molar-refractivity contribution is 7.92. The first-order chi connectivity index (χ1) is 7.65. The van der Waals surface area contributed by atoms with Crippen LogP contribution in [-0.2, 0) is 16.4 Å². The van der Waals surface area contributed by atoms with Gasteiger partial charge in [-0.1, -0.05) is 18.2 Å². The number of aryl methyl sites for hydroxylation is 1. The predicted octanol–water partition coefficient (Wildman–Crippen LogP) is 2.01. The summed E-state index contributed by atoms with van der Waals surface area (Å²) in [6.45, 7) is 0.566. The molecule has 2 rings (SSSR count). The van der Waals surface area contributed by atoms with Gasteiger partial charge in [0.25, 0.3) is 0 Å². The first kappa shape index (κ1) is 11.7. The molecule has 0 fully saturated rings. The Balaban J connectivity index is 2.39. The molecular formula is C11H14ClNO2S. The molecule has 1 aromatic rings. The minimum atomic E-state index is -3.25. The number of hydrogen-bond donors (Lipinski definition) is 0. The summed E-state index contributed by atoms with van der Waals surface area (Å²) in [6.07, 6.45) is 1.82. The number of nitrogens with zero attached hydrogens (tertiary/aromatic N) is 1. The van der Waals surface area contributed by atoms with Crippen molar-refractivity contribution in [2.45, 2.75) is 12.8 Å². The van der Waals surface area contributed by atoms with Crippen LogP contribution < -0.4 is 4.31 Å². The van der Waals surface area contributed by atoms with Crippen LogP contribution in [-0.4, -0.2) is 26.6 Å². The predicted molar refractivity (Wildman–Crippen MR) is 66.6 cm³/mol. The molecule has 5 heteroatoms. The van der Waals surface area contributed by atoms with Gasteiger partial charge < -0.3 is 0 Å². The van der Waals surface area contributed by atoms with Crippen LogP contribution in [0.15, 0.2) is 24.3 Å². The summed E-state index contributed by atoms with van der Waals surface area (Å²) in [6, 6.07) is 7.65. The fourth-order valence-electron chi connectivity index (χ4n) is 2.00. The summed E-state index contributed by atoms with van der Waals surface area (Å²) in [5.41, 5.74) is 1.92. The lowest BCUT2D eigenvalue weighted by Gasteiger charge is -2.30. The van der Waals surface area contributed by atoms with Gasteiger partial charge in [-0.25, -0.2) is 8.42 Å². The van der Waals surface area contributed by atoms with Crippen LogP contribution in [0, 0.1) is 0 Å². The number of sulfonamides is 1. The Kier molecular flexibility index (Phi) is 3.40. The van der Waals surface area contributed by atoms with Gasteiger partial charge in [-0.15, -0.1) is 11.6 Å². The van der Waals surface area contributed by atoms with E-state index in [1.807, 2.05) is 24.3 Å². The first-order valence-electron chi connectivity index (χ1n) is 5.29. The number of para-hydroxylation sites is 1. The molecule has 0 spiro atoms. The molecule has 0 bridgehead atoms. The van der Waals surface area contributed by atoms with Gasteiger partial charge in [0.15, 0.2) is 0 Å². The molecule has 0 amide bonds. The van der Waals surface area contributed by atoms with Gasteiger partial charge in [-0.2, -0.15) is 0 Å². The van der Waals surface area contributed by atoms with E-state index in [9.17, 15) is 8.42 Å². The van der Waals surface area contributed by atoms with Crippen LogP contribution >= 0.6 is 11.6 Å². The van der Waals surface area contributed by atoms with E-state index in [1.54, 1.807) is 0 Å². The van der Waals surface area contributed by atoms with Gasteiger partial charge in [-0.05, 0) is 24.5 Å². The minimum Gasteiger partial charge on any atom is -0.270 e. The third-order valence-electron chi connectivity index (χ3n) is 2.74. The monoisotopic (exact) mass is 259 g/mol. The Bertz CT molecular complexity index is 473. The highest BCUT2D eigenvalue weighted by Crippen LogP contribution is 2.29. The van der Waals surface area contributed by atoms with Crippen molar-refractivity contribution in [3.05, 3.63) is 29.8 Å². The number of benzene rings is 1. The van der Waals surface area contributed by atoms with Crippen molar-refractivity contribution in [1.82, 2.24) is 0 Å². The van der Waals surface area contributed by atoms with Crippen molar-refractivity contribution in [1.29, 1.82) is 0 Å². The standard InChI is InChI=1S/C11H14ClNO2S/c12-7-9-16(14,15)13-8-3-5-10-4-1-2-6-11(10)13/h1-2,4,6H,3,5,7-9H2. The van der Waals surface area contributed by atoms with Crippen LogP contribution in [0.5, 0.6) is 0 Å². The SMILES string of the molecule is O=S(=O)(CCCl)N1CCCc2ccccc21. The van der Waals surface area contributed by atoms with Crippen LogP contribution in [0.2, 0.25) is 0 Å². The Morgan fingerprint density at radius 1 is 1.31 bits per heavy atom. The van der Waals surface area contributed by atoms with Crippen molar-refractivity contribution in [2.75, 3.05) is 22.5 Å². The Morgan fingerprint density at radius 3 is 2.81 bits per heavy atom. The maximum Gasteiger partial charge on any atom is 0.236 e. The number of rotatable bonds is 3. The molecule has 0 N–H and O–H groups in total. The fraction of sp³-hybridized carbons (Fsp3) is 0.455. The van der Waals surface area contributed by atoms with Crippen molar-refractivity contribution in [2.24, 2.45) is 0 Å². The zero-order valence-electron chi connectivity index (χ0n) is 8.89. The minimum absolute atomic E-state index is 0.00287. The first-order valence-corrected chi connectivity index (χ1v) is 7.44. The van der Waals surface area contributed by atoms with E-state index < -0.39 is 10.0 Å². The van der Waals surface area contributed by atoms with E-state index in [-0.39, 0.29) is 11.6 Å². The van der Waals surface area contributed by atoms with Crippen molar-refractivity contribution >= 4 is 27.3 Å². The molecular weight excluding hydrogens is 246 g/mol. The van der Waals surface area contributed by atoms with E-state index in [1.165, 1.54) is 4.31 Å². The summed E-state index contributed by atoms with van der Waals surface area (Å²) in [7, 11) is -3.25. The molecule has 0 saturated heterocycles. The molecule has 1 aliphatic rings. The second-order valence-electron chi connectivity index (χ2n) is 3.81. The number of anilines is 1. The number of alkyl halides is 1. The van der Waals surface area contributed by atoms with Crippen LogP contribution in [0.25, 0.3) is 0 Å². The van der Waals surface area contributed by atoms with E-state index >= 15 is 0 Å². The zero-order chi connectivity index (χ0) is 11.6. The summed E-state index contributed by atoms with van der Waals surface area (Å²) in [5.74, 6) is 0.143. The van der Waals surface area contributed by atoms with Crippen LogP contribution in [0.1, 0.15) is 12.0 Å². The Labute approximate surface area is 101 Å². The molecule has 0 aromatic heterocycles. The second kappa shape index (κ2) is 4.63. The maximum atomic E-state index is 12.0. The van der Waals surface area contributed by atoms with Crippen molar-refractivity contribution in [3.63, 3.8) is 0 Å². The summed E-state index contributed by atoms with van der Waals surface area (Å²) < 4.78 is 25.5. The second-order valence-corrected chi connectivity index (χ2v) is 6.20. The summed E-state index contributed by atoms with van der Waals surface area (Å²) >= 11 is 5.53. The topological polar surface area (TPSA) is 37.4 Å². The van der Waals surface area contributed by atoms with Crippen molar-refractivity contribution < 1.29 is 8.42 Å². The summed E-state index contributed by atoms with van der Waals surface area (Å²) in [4.78, 5) is 0. The zero-order valence-corrected chi connectivity index (χ0v) is 10.5. The average Bonchev–Trinajstić information content (AvgIpc) is 2.28.